The molecule has 0 unspecified atom stereocenters. The predicted molar refractivity (Wildman–Crippen MR) is 66.2 cm³/mol. The fraction of sp³-hybridized carbons (Fsp3) is 0.308. The molecule has 0 fully saturated rings. The van der Waals surface area contributed by atoms with E-state index in [1.807, 2.05) is 16.8 Å². The lowest BCUT2D eigenvalue weighted by Crippen LogP contribution is -2.06. The monoisotopic (exact) mass is 233 g/mol. The van der Waals surface area contributed by atoms with Crippen molar-refractivity contribution in [3.05, 3.63) is 47.8 Å². The Morgan fingerprint density at radius 1 is 1.41 bits per heavy atom. The van der Waals surface area contributed by atoms with Gasteiger partial charge in [-0.3, -0.25) is 0 Å². The maximum absolute atomic E-state index is 13.3. The van der Waals surface area contributed by atoms with Crippen molar-refractivity contribution in [2.24, 2.45) is 0 Å². The molecule has 2 aromatic rings. The molecule has 2 rings (SSSR count). The molecule has 0 spiro atoms. The Balaban J connectivity index is 2.25. The number of halogens is 1. The van der Waals surface area contributed by atoms with E-state index in [4.69, 9.17) is 5.73 Å². The van der Waals surface area contributed by atoms with Gasteiger partial charge in [-0.15, -0.1) is 0 Å². The number of nitrogen functional groups attached to an aromatic ring is 1. The molecule has 0 saturated heterocycles. The highest BCUT2D eigenvalue weighted by molar-refractivity contribution is 5.41. The number of hydrogen-bond acceptors (Lipinski definition) is 2. The topological polar surface area (TPSA) is 43.8 Å². The van der Waals surface area contributed by atoms with Crippen molar-refractivity contribution in [2.45, 2.75) is 26.3 Å². The first kappa shape index (κ1) is 11.6. The first-order valence-corrected chi connectivity index (χ1v) is 5.63. The van der Waals surface area contributed by atoms with Gasteiger partial charge in [0.05, 0.1) is 5.69 Å². The molecule has 0 aliphatic heterocycles. The van der Waals surface area contributed by atoms with E-state index in [1.165, 1.54) is 6.07 Å². The van der Waals surface area contributed by atoms with Crippen molar-refractivity contribution >= 4 is 5.69 Å². The molecule has 2 N–H and O–H groups in total. The largest absolute Gasteiger partial charge is 0.396 e. The van der Waals surface area contributed by atoms with Crippen LogP contribution in [-0.2, 0) is 6.54 Å². The summed E-state index contributed by atoms with van der Waals surface area (Å²) in [6.45, 7) is 4.79. The van der Waals surface area contributed by atoms with Crippen LogP contribution in [0.5, 0.6) is 0 Å². The summed E-state index contributed by atoms with van der Waals surface area (Å²) in [7, 11) is 0. The number of nitrogens with two attached hydrogens (primary N) is 1. The Morgan fingerprint density at radius 2 is 2.18 bits per heavy atom. The molecule has 0 saturated carbocycles. The molecule has 1 aromatic heterocycles. The van der Waals surface area contributed by atoms with E-state index in [0.29, 0.717) is 12.5 Å². The summed E-state index contributed by atoms with van der Waals surface area (Å²) in [4.78, 5) is 4.30. The molecule has 1 heterocycles. The molecule has 0 aliphatic carbocycles. The van der Waals surface area contributed by atoms with Crippen LogP contribution in [0, 0.1) is 5.82 Å². The third kappa shape index (κ3) is 2.46. The van der Waals surface area contributed by atoms with Crippen molar-refractivity contribution in [1.29, 1.82) is 0 Å². The Morgan fingerprint density at radius 3 is 2.82 bits per heavy atom. The van der Waals surface area contributed by atoms with E-state index in [0.717, 1.165) is 11.4 Å². The van der Waals surface area contributed by atoms with Crippen LogP contribution in [-0.4, -0.2) is 9.55 Å². The van der Waals surface area contributed by atoms with Gasteiger partial charge in [-0.1, -0.05) is 19.9 Å². The van der Waals surface area contributed by atoms with Crippen molar-refractivity contribution in [2.75, 3.05) is 5.73 Å². The lowest BCUT2D eigenvalue weighted by molar-refractivity contribution is 0.624. The molecular formula is C13H16FN3. The second kappa shape index (κ2) is 4.57. The van der Waals surface area contributed by atoms with Crippen molar-refractivity contribution in [3.63, 3.8) is 0 Å². The normalized spacial score (nSPS) is 11.1. The van der Waals surface area contributed by atoms with Crippen LogP contribution in [0.2, 0.25) is 0 Å². The lowest BCUT2D eigenvalue weighted by atomic mass is 10.1. The summed E-state index contributed by atoms with van der Waals surface area (Å²) < 4.78 is 15.3. The molecule has 0 bridgehead atoms. The van der Waals surface area contributed by atoms with E-state index in [-0.39, 0.29) is 11.5 Å². The van der Waals surface area contributed by atoms with Crippen LogP contribution in [0.1, 0.15) is 31.2 Å². The first-order valence-electron chi connectivity index (χ1n) is 5.63. The Labute approximate surface area is 100 Å². The van der Waals surface area contributed by atoms with Gasteiger partial charge in [0.2, 0.25) is 0 Å². The fourth-order valence-corrected chi connectivity index (χ4v) is 1.82. The number of rotatable bonds is 3. The van der Waals surface area contributed by atoms with Gasteiger partial charge in [0.1, 0.15) is 11.6 Å². The summed E-state index contributed by atoms with van der Waals surface area (Å²) in [6, 6.07) is 4.90. The van der Waals surface area contributed by atoms with Crippen LogP contribution in [0.25, 0.3) is 0 Å². The zero-order valence-electron chi connectivity index (χ0n) is 10.0. The summed E-state index contributed by atoms with van der Waals surface area (Å²) in [6.07, 6.45) is 3.67. The highest BCUT2D eigenvalue weighted by Gasteiger charge is 2.08. The molecule has 0 radical (unpaired) electrons. The van der Waals surface area contributed by atoms with E-state index in [2.05, 4.69) is 18.8 Å². The Kier molecular flexibility index (Phi) is 3.13. The summed E-state index contributed by atoms with van der Waals surface area (Å²) in [5.41, 5.74) is 6.52. The predicted octanol–water partition coefficient (Wildman–Crippen LogP) is 2.78. The fourth-order valence-electron chi connectivity index (χ4n) is 1.82. The van der Waals surface area contributed by atoms with Crippen molar-refractivity contribution < 1.29 is 4.39 Å². The number of hydrogen-bond donors (Lipinski definition) is 1. The van der Waals surface area contributed by atoms with Crippen molar-refractivity contribution in [3.8, 4) is 0 Å². The van der Waals surface area contributed by atoms with Gasteiger partial charge in [-0.05, 0) is 17.7 Å². The van der Waals surface area contributed by atoms with Crippen LogP contribution < -0.4 is 5.73 Å². The number of benzene rings is 1. The van der Waals surface area contributed by atoms with E-state index in [1.54, 1.807) is 12.3 Å². The standard InChI is InChI=1S/C13H16FN3/c1-9(2)13-16-5-6-17(13)8-10-3-4-12(15)11(14)7-10/h3-7,9H,8,15H2,1-2H3. The smallest absolute Gasteiger partial charge is 0.146 e. The van der Waals surface area contributed by atoms with Gasteiger partial charge in [-0.25, -0.2) is 9.37 Å². The van der Waals surface area contributed by atoms with Crippen molar-refractivity contribution in [1.82, 2.24) is 9.55 Å². The number of aromatic nitrogens is 2. The van der Waals surface area contributed by atoms with E-state index >= 15 is 0 Å². The second-order valence-corrected chi connectivity index (χ2v) is 4.42. The Bertz CT molecular complexity index is 517. The number of nitrogens with zero attached hydrogens (tertiary/aromatic N) is 2. The van der Waals surface area contributed by atoms with Gasteiger partial charge in [0, 0.05) is 24.9 Å². The molecule has 90 valence electrons. The quantitative estimate of drug-likeness (QED) is 0.828. The van der Waals surface area contributed by atoms with E-state index in [9.17, 15) is 4.39 Å². The zero-order chi connectivity index (χ0) is 12.4. The van der Waals surface area contributed by atoms with Gasteiger partial charge < -0.3 is 10.3 Å². The first-order chi connectivity index (χ1) is 8.08. The molecule has 3 nitrogen and oxygen atoms in total. The minimum Gasteiger partial charge on any atom is -0.396 e. The highest BCUT2D eigenvalue weighted by atomic mass is 19.1. The summed E-state index contributed by atoms with van der Waals surface area (Å²) in [5, 5.41) is 0. The number of imidazole rings is 1. The SMILES string of the molecule is CC(C)c1nccn1Cc1ccc(N)c(F)c1. The van der Waals surface area contributed by atoms with Gasteiger partial charge >= 0.3 is 0 Å². The maximum Gasteiger partial charge on any atom is 0.146 e. The minimum absolute atomic E-state index is 0.184. The van der Waals surface area contributed by atoms with E-state index < -0.39 is 0 Å². The van der Waals surface area contributed by atoms with Crippen LogP contribution in [0.15, 0.2) is 30.6 Å². The van der Waals surface area contributed by atoms with Crippen LogP contribution in [0.3, 0.4) is 0 Å². The summed E-state index contributed by atoms with van der Waals surface area (Å²) >= 11 is 0. The molecule has 0 amide bonds. The molecule has 0 aliphatic rings. The third-order valence-corrected chi connectivity index (χ3v) is 2.68. The molecule has 17 heavy (non-hydrogen) atoms. The molecular weight excluding hydrogens is 217 g/mol. The lowest BCUT2D eigenvalue weighted by Gasteiger charge is -2.10. The number of anilines is 1. The maximum atomic E-state index is 13.3. The molecule has 1 aromatic carbocycles. The van der Waals surface area contributed by atoms with Crippen LogP contribution in [0.4, 0.5) is 10.1 Å². The minimum atomic E-state index is -0.367. The molecule has 0 atom stereocenters. The average molecular weight is 233 g/mol. The highest BCUT2D eigenvalue weighted by Crippen LogP contribution is 2.16. The Hall–Kier alpha value is -1.84. The second-order valence-electron chi connectivity index (χ2n) is 4.42. The van der Waals surface area contributed by atoms with Gasteiger partial charge in [-0.2, -0.15) is 0 Å². The van der Waals surface area contributed by atoms with Gasteiger partial charge in [0.15, 0.2) is 0 Å². The van der Waals surface area contributed by atoms with Gasteiger partial charge in [0.25, 0.3) is 0 Å². The van der Waals surface area contributed by atoms with Crippen LogP contribution >= 0.6 is 0 Å². The third-order valence-electron chi connectivity index (χ3n) is 2.68. The molecule has 4 heteroatoms. The average Bonchev–Trinajstić information content (AvgIpc) is 2.72. The summed E-state index contributed by atoms with van der Waals surface area (Å²) in [5.74, 6) is 0.986. The zero-order valence-corrected chi connectivity index (χ0v) is 10.0.